The lowest BCUT2D eigenvalue weighted by molar-refractivity contribution is -0.155. The zero-order valence-electron chi connectivity index (χ0n) is 13.6. The second-order valence-electron chi connectivity index (χ2n) is 7.20. The quantitative estimate of drug-likeness (QED) is 0.853. The summed E-state index contributed by atoms with van der Waals surface area (Å²) in [5, 5.41) is 9.20. The van der Waals surface area contributed by atoms with Gasteiger partial charge in [0.25, 0.3) is 0 Å². The van der Waals surface area contributed by atoms with Crippen LogP contribution in [0.4, 0.5) is 0 Å². The van der Waals surface area contributed by atoms with Gasteiger partial charge in [0.15, 0.2) is 0 Å². The van der Waals surface area contributed by atoms with E-state index in [9.17, 15) is 19.5 Å². The summed E-state index contributed by atoms with van der Waals surface area (Å²) < 4.78 is 0. The van der Waals surface area contributed by atoms with E-state index in [1.807, 2.05) is 0 Å². The van der Waals surface area contributed by atoms with Gasteiger partial charge >= 0.3 is 5.97 Å². The van der Waals surface area contributed by atoms with Gasteiger partial charge in [-0.05, 0) is 25.2 Å². The molecule has 1 N–H and O–H groups in total. The van der Waals surface area contributed by atoms with E-state index in [0.717, 1.165) is 6.42 Å². The fourth-order valence-corrected chi connectivity index (χ4v) is 4.40. The fourth-order valence-electron chi connectivity index (χ4n) is 4.40. The lowest BCUT2D eigenvalue weighted by Crippen LogP contribution is -2.58. The summed E-state index contributed by atoms with van der Waals surface area (Å²) in [7, 11) is 0. The Bertz CT molecular complexity index is 487. The number of carboxylic acids is 1. The van der Waals surface area contributed by atoms with E-state index in [0.29, 0.717) is 31.7 Å². The SMILES string of the molecule is O=C(O)C1CCC2CN(C(=O)CCC3CCCCC3)CC(=O)N21. The van der Waals surface area contributed by atoms with E-state index in [1.165, 1.54) is 37.0 Å². The first-order chi connectivity index (χ1) is 11.1. The maximum absolute atomic E-state index is 12.4. The van der Waals surface area contributed by atoms with E-state index in [2.05, 4.69) is 0 Å². The van der Waals surface area contributed by atoms with Crippen LogP contribution >= 0.6 is 0 Å². The van der Waals surface area contributed by atoms with Gasteiger partial charge in [-0.1, -0.05) is 32.1 Å². The average molecular weight is 322 g/mol. The molecule has 2 aliphatic heterocycles. The highest BCUT2D eigenvalue weighted by Crippen LogP contribution is 2.30. The normalized spacial score (nSPS) is 28.8. The van der Waals surface area contributed by atoms with Crippen LogP contribution in [0, 0.1) is 5.92 Å². The molecule has 23 heavy (non-hydrogen) atoms. The predicted molar refractivity (Wildman–Crippen MR) is 83.7 cm³/mol. The Labute approximate surface area is 136 Å². The lowest BCUT2D eigenvalue weighted by Gasteiger charge is -2.39. The van der Waals surface area contributed by atoms with Crippen LogP contribution in [0.2, 0.25) is 0 Å². The smallest absolute Gasteiger partial charge is 0.326 e. The van der Waals surface area contributed by atoms with Crippen molar-refractivity contribution in [2.75, 3.05) is 13.1 Å². The number of hydrogen-bond acceptors (Lipinski definition) is 3. The van der Waals surface area contributed by atoms with Crippen molar-refractivity contribution >= 4 is 17.8 Å². The highest BCUT2D eigenvalue weighted by molar-refractivity contribution is 5.90. The lowest BCUT2D eigenvalue weighted by atomic mass is 9.86. The maximum Gasteiger partial charge on any atom is 0.326 e. The third-order valence-electron chi connectivity index (χ3n) is 5.68. The van der Waals surface area contributed by atoms with Crippen LogP contribution in [0.15, 0.2) is 0 Å². The van der Waals surface area contributed by atoms with E-state index in [1.54, 1.807) is 4.90 Å². The first kappa shape index (κ1) is 16.3. The summed E-state index contributed by atoms with van der Waals surface area (Å²) in [5.41, 5.74) is 0. The fraction of sp³-hybridized carbons (Fsp3) is 0.824. The van der Waals surface area contributed by atoms with Gasteiger partial charge in [0.05, 0.1) is 12.6 Å². The molecule has 2 heterocycles. The van der Waals surface area contributed by atoms with Crippen LogP contribution in [0.1, 0.15) is 57.8 Å². The minimum Gasteiger partial charge on any atom is -0.480 e. The van der Waals surface area contributed by atoms with Gasteiger partial charge in [-0.2, -0.15) is 0 Å². The monoisotopic (exact) mass is 322 g/mol. The number of rotatable bonds is 4. The molecule has 128 valence electrons. The van der Waals surface area contributed by atoms with E-state index in [-0.39, 0.29) is 24.4 Å². The van der Waals surface area contributed by atoms with Gasteiger partial charge in [-0.25, -0.2) is 4.79 Å². The number of nitrogens with zero attached hydrogens (tertiary/aromatic N) is 2. The first-order valence-electron chi connectivity index (χ1n) is 8.88. The van der Waals surface area contributed by atoms with E-state index < -0.39 is 12.0 Å². The molecule has 1 aliphatic carbocycles. The van der Waals surface area contributed by atoms with Crippen LogP contribution in [0.5, 0.6) is 0 Å². The number of fused-ring (bicyclic) bond motifs is 1. The van der Waals surface area contributed by atoms with Gasteiger partial charge in [0.2, 0.25) is 11.8 Å². The highest BCUT2D eigenvalue weighted by atomic mass is 16.4. The topological polar surface area (TPSA) is 77.9 Å². The number of aliphatic carboxylic acids is 1. The summed E-state index contributed by atoms with van der Waals surface area (Å²) in [5.74, 6) is -0.426. The van der Waals surface area contributed by atoms with Crippen LogP contribution in [0.25, 0.3) is 0 Å². The number of amides is 2. The first-order valence-corrected chi connectivity index (χ1v) is 8.88. The van der Waals surface area contributed by atoms with Crippen molar-refractivity contribution in [1.82, 2.24) is 9.80 Å². The number of hydrogen-bond donors (Lipinski definition) is 1. The van der Waals surface area contributed by atoms with Gasteiger partial charge in [0, 0.05) is 13.0 Å². The number of carbonyl (C=O) groups is 3. The molecule has 2 unspecified atom stereocenters. The second kappa shape index (κ2) is 6.89. The molecule has 6 nitrogen and oxygen atoms in total. The summed E-state index contributed by atoms with van der Waals surface area (Å²) >= 11 is 0. The van der Waals surface area contributed by atoms with Gasteiger partial charge in [-0.3, -0.25) is 9.59 Å². The van der Waals surface area contributed by atoms with Crippen molar-refractivity contribution in [2.24, 2.45) is 5.92 Å². The standard InChI is InChI=1S/C17H26N2O4/c20-15(9-6-12-4-2-1-3-5-12)18-10-13-7-8-14(17(22)23)19(13)16(21)11-18/h12-14H,1-11H2,(H,22,23). The minimum absolute atomic E-state index is 0.0454. The summed E-state index contributed by atoms with van der Waals surface area (Å²) in [6.07, 6.45) is 8.93. The van der Waals surface area contributed by atoms with Crippen molar-refractivity contribution in [2.45, 2.75) is 69.9 Å². The average Bonchev–Trinajstić information content (AvgIpc) is 2.98. The number of carbonyl (C=O) groups excluding carboxylic acids is 2. The Morgan fingerprint density at radius 2 is 1.83 bits per heavy atom. The molecule has 1 saturated carbocycles. The zero-order valence-corrected chi connectivity index (χ0v) is 13.6. The molecule has 3 rings (SSSR count). The molecule has 0 radical (unpaired) electrons. The molecule has 0 aromatic rings. The molecule has 3 aliphatic rings. The van der Waals surface area contributed by atoms with Crippen molar-refractivity contribution in [3.05, 3.63) is 0 Å². The maximum atomic E-state index is 12.4. The molecule has 2 saturated heterocycles. The summed E-state index contributed by atoms with van der Waals surface area (Å²) in [4.78, 5) is 39.1. The Kier molecular flexibility index (Phi) is 4.87. The molecular formula is C17H26N2O4. The molecular weight excluding hydrogens is 296 g/mol. The summed E-state index contributed by atoms with van der Waals surface area (Å²) in [6, 6.07) is -0.817. The van der Waals surface area contributed by atoms with Gasteiger partial charge in [0.1, 0.15) is 6.04 Å². The van der Waals surface area contributed by atoms with E-state index >= 15 is 0 Å². The highest BCUT2D eigenvalue weighted by Gasteiger charge is 2.45. The Hall–Kier alpha value is -1.59. The Morgan fingerprint density at radius 3 is 2.52 bits per heavy atom. The molecule has 0 aromatic heterocycles. The molecule has 0 aromatic carbocycles. The van der Waals surface area contributed by atoms with Gasteiger partial charge < -0.3 is 14.9 Å². The minimum atomic E-state index is -0.932. The molecule has 2 atom stereocenters. The summed E-state index contributed by atoms with van der Waals surface area (Å²) in [6.45, 7) is 0.544. The molecule has 3 fully saturated rings. The van der Waals surface area contributed by atoms with Crippen molar-refractivity contribution < 1.29 is 19.5 Å². The van der Waals surface area contributed by atoms with Crippen molar-refractivity contribution in [3.8, 4) is 0 Å². The molecule has 0 spiro atoms. The van der Waals surface area contributed by atoms with E-state index in [4.69, 9.17) is 0 Å². The third-order valence-corrected chi connectivity index (χ3v) is 5.68. The molecule has 0 bridgehead atoms. The zero-order chi connectivity index (χ0) is 16.4. The number of piperazine rings is 1. The predicted octanol–water partition coefficient (Wildman–Crippen LogP) is 1.63. The third kappa shape index (κ3) is 3.51. The van der Waals surface area contributed by atoms with Crippen LogP contribution < -0.4 is 0 Å². The second-order valence-corrected chi connectivity index (χ2v) is 7.20. The number of carboxylic acid groups (broad SMARTS) is 1. The Balaban J connectivity index is 1.53. The largest absolute Gasteiger partial charge is 0.480 e. The van der Waals surface area contributed by atoms with Crippen LogP contribution in [0.3, 0.4) is 0 Å². The molecule has 2 amide bonds. The Morgan fingerprint density at radius 1 is 1.09 bits per heavy atom. The van der Waals surface area contributed by atoms with Crippen molar-refractivity contribution in [3.63, 3.8) is 0 Å². The van der Waals surface area contributed by atoms with Crippen molar-refractivity contribution in [1.29, 1.82) is 0 Å². The van der Waals surface area contributed by atoms with Crippen LogP contribution in [-0.2, 0) is 14.4 Å². The van der Waals surface area contributed by atoms with Gasteiger partial charge in [-0.15, -0.1) is 0 Å². The molecule has 6 heteroatoms. The van der Waals surface area contributed by atoms with Crippen LogP contribution in [-0.4, -0.2) is 57.9 Å².